The number of hydrogen-bond acceptors (Lipinski definition) is 4. The summed E-state index contributed by atoms with van der Waals surface area (Å²) in [6, 6.07) is 18.9. The molecule has 1 aromatic heterocycles. The van der Waals surface area contributed by atoms with Gasteiger partial charge in [-0.25, -0.2) is 9.48 Å². The van der Waals surface area contributed by atoms with Gasteiger partial charge in [-0.1, -0.05) is 48.5 Å². The van der Waals surface area contributed by atoms with Crippen molar-refractivity contribution in [3.8, 4) is 16.9 Å². The molecule has 27 heavy (non-hydrogen) atoms. The number of amides is 1. The molecule has 6 nitrogen and oxygen atoms in total. The van der Waals surface area contributed by atoms with Crippen molar-refractivity contribution in [2.75, 3.05) is 14.1 Å². The number of benzene rings is 2. The van der Waals surface area contributed by atoms with Gasteiger partial charge in [-0.05, 0) is 19.1 Å². The van der Waals surface area contributed by atoms with Gasteiger partial charge in [0.1, 0.15) is 11.3 Å². The number of rotatable bonds is 5. The average Bonchev–Trinajstić information content (AvgIpc) is 3.14. The zero-order valence-corrected chi connectivity index (χ0v) is 15.5. The third kappa shape index (κ3) is 4.06. The van der Waals surface area contributed by atoms with Crippen LogP contribution >= 0.6 is 0 Å². The van der Waals surface area contributed by atoms with Crippen molar-refractivity contribution in [3.05, 3.63) is 72.4 Å². The number of likely N-dealkylation sites (N-methyl/N-ethyl adjacent to an activating group) is 1. The van der Waals surface area contributed by atoms with Crippen molar-refractivity contribution in [3.63, 3.8) is 0 Å². The quantitative estimate of drug-likeness (QED) is 0.653. The predicted octanol–water partition coefficient (Wildman–Crippen LogP) is 3.17. The summed E-state index contributed by atoms with van der Waals surface area (Å²) in [5.74, 6) is -0.862. The van der Waals surface area contributed by atoms with Crippen LogP contribution in [0.25, 0.3) is 16.9 Å². The molecule has 6 heteroatoms. The molecular formula is C21H21N3O3. The lowest BCUT2D eigenvalue weighted by Crippen LogP contribution is -2.34. The van der Waals surface area contributed by atoms with Crippen LogP contribution in [0.2, 0.25) is 0 Å². The summed E-state index contributed by atoms with van der Waals surface area (Å²) in [6.07, 6.45) is 0.753. The van der Waals surface area contributed by atoms with Crippen LogP contribution in [-0.2, 0) is 9.53 Å². The number of nitrogens with zero attached hydrogens (tertiary/aromatic N) is 3. The zero-order chi connectivity index (χ0) is 19.4. The fraction of sp³-hybridized carbons (Fsp3) is 0.190. The Morgan fingerprint density at radius 2 is 1.59 bits per heavy atom. The average molecular weight is 363 g/mol. The van der Waals surface area contributed by atoms with Gasteiger partial charge < -0.3 is 9.64 Å². The molecular weight excluding hydrogens is 342 g/mol. The highest BCUT2D eigenvalue weighted by atomic mass is 16.5. The fourth-order valence-electron chi connectivity index (χ4n) is 2.68. The Kier molecular flexibility index (Phi) is 5.35. The second-order valence-electron chi connectivity index (χ2n) is 6.32. The van der Waals surface area contributed by atoms with Crippen molar-refractivity contribution >= 4 is 11.9 Å². The predicted molar refractivity (Wildman–Crippen MR) is 103 cm³/mol. The Hall–Kier alpha value is -3.41. The molecule has 3 rings (SSSR count). The maximum absolute atomic E-state index is 12.8. The molecule has 0 aliphatic rings. The summed E-state index contributed by atoms with van der Waals surface area (Å²) in [5.41, 5.74) is 2.44. The Balaban J connectivity index is 1.99. The molecule has 0 radical (unpaired) electrons. The lowest BCUT2D eigenvalue weighted by atomic mass is 10.1. The van der Waals surface area contributed by atoms with Gasteiger partial charge in [0.25, 0.3) is 5.91 Å². The highest BCUT2D eigenvalue weighted by Gasteiger charge is 2.25. The Bertz CT molecular complexity index is 934. The van der Waals surface area contributed by atoms with Crippen molar-refractivity contribution in [1.82, 2.24) is 14.7 Å². The molecule has 1 heterocycles. The number of para-hydroxylation sites is 1. The molecule has 0 fully saturated rings. The first-order chi connectivity index (χ1) is 13.0. The van der Waals surface area contributed by atoms with E-state index in [1.54, 1.807) is 31.9 Å². The van der Waals surface area contributed by atoms with Crippen molar-refractivity contribution < 1.29 is 14.3 Å². The second kappa shape index (κ2) is 7.86. The zero-order valence-electron chi connectivity index (χ0n) is 15.5. The van der Waals surface area contributed by atoms with E-state index in [0.717, 1.165) is 11.3 Å². The minimum absolute atomic E-state index is 0.278. The molecule has 1 amide bonds. The van der Waals surface area contributed by atoms with E-state index in [0.29, 0.717) is 11.3 Å². The minimum atomic E-state index is -0.879. The van der Waals surface area contributed by atoms with Crippen LogP contribution < -0.4 is 0 Å². The summed E-state index contributed by atoms with van der Waals surface area (Å²) in [5, 5.41) is 4.58. The van der Waals surface area contributed by atoms with E-state index in [-0.39, 0.29) is 5.91 Å². The first-order valence-electron chi connectivity index (χ1n) is 8.60. The van der Waals surface area contributed by atoms with Crippen molar-refractivity contribution in [2.45, 2.75) is 13.0 Å². The van der Waals surface area contributed by atoms with E-state index in [1.165, 1.54) is 4.90 Å². The van der Waals surface area contributed by atoms with Gasteiger partial charge in [0.2, 0.25) is 0 Å². The summed E-state index contributed by atoms with van der Waals surface area (Å²) in [6.45, 7) is 1.56. The molecule has 0 bridgehead atoms. The number of aromatic nitrogens is 2. The number of carbonyl (C=O) groups is 2. The molecule has 138 valence electrons. The first kappa shape index (κ1) is 18.4. The molecule has 0 aliphatic heterocycles. The maximum atomic E-state index is 12.8. The number of carbonyl (C=O) groups excluding carboxylic acids is 2. The number of hydrogen-bond donors (Lipinski definition) is 0. The Morgan fingerprint density at radius 3 is 2.19 bits per heavy atom. The van der Waals surface area contributed by atoms with Crippen LogP contribution in [-0.4, -0.2) is 46.8 Å². The van der Waals surface area contributed by atoms with E-state index in [2.05, 4.69) is 5.10 Å². The third-order valence-electron chi connectivity index (χ3n) is 4.07. The van der Waals surface area contributed by atoms with E-state index in [4.69, 9.17) is 4.74 Å². The second-order valence-corrected chi connectivity index (χ2v) is 6.32. The largest absolute Gasteiger partial charge is 0.449 e. The van der Waals surface area contributed by atoms with Crippen LogP contribution in [0.15, 0.2) is 66.9 Å². The molecule has 0 unspecified atom stereocenters. The molecule has 0 spiro atoms. The highest BCUT2D eigenvalue weighted by Crippen LogP contribution is 2.24. The van der Waals surface area contributed by atoms with Crippen LogP contribution in [0.5, 0.6) is 0 Å². The lowest BCUT2D eigenvalue weighted by Gasteiger charge is -2.17. The third-order valence-corrected chi connectivity index (χ3v) is 4.07. The molecule has 0 aliphatic carbocycles. The standard InChI is InChI=1S/C21H21N3O3/c1-15(20(25)23(2)3)27-21(26)18-14-24(17-12-8-5-9-13-17)22-19(18)16-10-6-4-7-11-16/h4-15H,1-3H3/t15-/m0/s1. The first-order valence-corrected chi connectivity index (χ1v) is 8.60. The van der Waals surface area contributed by atoms with Gasteiger partial charge >= 0.3 is 5.97 Å². The topological polar surface area (TPSA) is 64.4 Å². The molecule has 0 saturated carbocycles. The van der Waals surface area contributed by atoms with Crippen LogP contribution in [0.1, 0.15) is 17.3 Å². The van der Waals surface area contributed by atoms with Gasteiger partial charge in [-0.3, -0.25) is 4.79 Å². The molecule has 0 N–H and O–H groups in total. The van der Waals surface area contributed by atoms with E-state index in [1.807, 2.05) is 60.7 Å². The monoisotopic (exact) mass is 363 g/mol. The summed E-state index contributed by atoms with van der Waals surface area (Å²) >= 11 is 0. The van der Waals surface area contributed by atoms with Crippen LogP contribution in [0.4, 0.5) is 0 Å². The highest BCUT2D eigenvalue weighted by molar-refractivity contribution is 5.97. The summed E-state index contributed by atoms with van der Waals surface area (Å²) in [7, 11) is 3.24. The van der Waals surface area contributed by atoms with E-state index in [9.17, 15) is 9.59 Å². The van der Waals surface area contributed by atoms with E-state index >= 15 is 0 Å². The maximum Gasteiger partial charge on any atom is 0.342 e. The molecule has 3 aromatic rings. The minimum Gasteiger partial charge on any atom is -0.449 e. The van der Waals surface area contributed by atoms with Crippen molar-refractivity contribution in [2.24, 2.45) is 0 Å². The van der Waals surface area contributed by atoms with E-state index < -0.39 is 12.1 Å². The Labute approximate surface area is 158 Å². The smallest absolute Gasteiger partial charge is 0.342 e. The normalized spacial score (nSPS) is 11.7. The fourth-order valence-corrected chi connectivity index (χ4v) is 2.68. The lowest BCUT2D eigenvalue weighted by molar-refractivity contribution is -0.137. The number of esters is 1. The molecule has 1 atom stereocenters. The van der Waals surface area contributed by atoms with Gasteiger partial charge in [0.15, 0.2) is 6.10 Å². The SMILES string of the molecule is C[C@H](OC(=O)c1cn(-c2ccccc2)nc1-c1ccccc1)C(=O)N(C)C. The molecule has 0 saturated heterocycles. The van der Waals surface area contributed by atoms with Crippen LogP contribution in [0.3, 0.4) is 0 Å². The summed E-state index contributed by atoms with van der Waals surface area (Å²) in [4.78, 5) is 26.2. The van der Waals surface area contributed by atoms with Gasteiger partial charge in [0, 0.05) is 25.9 Å². The van der Waals surface area contributed by atoms with Gasteiger partial charge in [-0.15, -0.1) is 0 Å². The van der Waals surface area contributed by atoms with Gasteiger partial charge in [-0.2, -0.15) is 5.10 Å². The Morgan fingerprint density at radius 1 is 1.00 bits per heavy atom. The number of ether oxygens (including phenoxy) is 1. The molecule has 2 aromatic carbocycles. The van der Waals surface area contributed by atoms with Gasteiger partial charge in [0.05, 0.1) is 5.69 Å². The summed E-state index contributed by atoms with van der Waals surface area (Å²) < 4.78 is 7.02. The van der Waals surface area contributed by atoms with Crippen LogP contribution in [0, 0.1) is 0 Å². The van der Waals surface area contributed by atoms with Crippen molar-refractivity contribution in [1.29, 1.82) is 0 Å².